The van der Waals surface area contributed by atoms with Gasteiger partial charge < -0.3 is 69.4 Å². The van der Waals surface area contributed by atoms with Crippen LogP contribution in [0.2, 0.25) is 0 Å². The largest absolute Gasteiger partial charge is 0.481 e. The highest BCUT2D eigenvalue weighted by Gasteiger charge is 2.40. The molecule has 1 aromatic heterocycles. The minimum atomic E-state index is -1.67. The molecule has 0 bridgehead atoms. The first kappa shape index (κ1) is 64.8. The van der Waals surface area contributed by atoms with Crippen molar-refractivity contribution in [3.8, 4) is 0 Å². The number of aromatic amines is 1. The zero-order valence-electron chi connectivity index (χ0n) is 47.6. The summed E-state index contributed by atoms with van der Waals surface area (Å²) < 4.78 is 0. The number of unbranched alkanes of at least 4 members (excludes halogenated alkanes) is 1. The van der Waals surface area contributed by atoms with Gasteiger partial charge in [-0.1, -0.05) is 102 Å². The first-order chi connectivity index (χ1) is 41.3. The highest BCUT2D eigenvalue weighted by Crippen LogP contribution is 2.25. The summed E-state index contributed by atoms with van der Waals surface area (Å²) in [5.41, 5.74) is 13.2. The number of guanidine groups is 1. The quantitative estimate of drug-likeness (QED) is 0.0181. The van der Waals surface area contributed by atoms with E-state index in [1.165, 1.54) is 13.3 Å². The normalized spacial score (nSPS) is 23.9. The Morgan fingerprint density at radius 2 is 1.34 bits per heavy atom. The Morgan fingerprint density at radius 1 is 0.709 bits per heavy atom. The number of amides is 10. The number of aliphatic carboxylic acids is 1. The standard InChI is InChI=1S/C57H73N15O12S2/c1-3-4-13-41-55(83)72(57(84)71-41)27-47(74)64-46-29-86-85-28-45(31(2)73)70-52(80)43(23-35-25-62-38-14-8-7-12-37(35)38)68-49(77)39(15-9-20-61-56(58)59)65-51(79)42(22-32-16-17-33-10-5-6-11-34(33)21-32)67-53(81)44(24-36-26-60-30-63-36)69-50(78)40(66-54(46)82)18-19-48(75)76/h5-8,10-12,14,16-17,21,25,30,36,39-46,62H,3-4,9,13,15,18-20,22-24,26-29H2,1-2H3,(H,60,63)(H,64,74)(H,65,79)(H,66,82)(H,67,81)(H,68,77)(H,69,78)(H,70,80)(H,71,84)(H,75,76)(H4,58,59,61)/t36?,39-,40-,41-,42+,43-,44-,45-,46-/m0/s1. The van der Waals surface area contributed by atoms with Crippen LogP contribution in [0.3, 0.4) is 0 Å². The molecule has 29 heteroatoms. The van der Waals surface area contributed by atoms with Gasteiger partial charge in [0.1, 0.15) is 48.8 Å². The lowest BCUT2D eigenvalue weighted by atomic mass is 9.99. The predicted octanol–water partition coefficient (Wildman–Crippen LogP) is -0.0969. The Morgan fingerprint density at radius 3 is 2.05 bits per heavy atom. The van der Waals surface area contributed by atoms with Crippen LogP contribution in [0.4, 0.5) is 4.79 Å². The van der Waals surface area contributed by atoms with Crippen molar-refractivity contribution in [3.63, 3.8) is 0 Å². The topological polar surface area (TPSA) is 412 Å². The third-order valence-corrected chi connectivity index (χ3v) is 17.0. The van der Waals surface area contributed by atoms with Crippen molar-refractivity contribution in [2.75, 3.05) is 31.1 Å². The Bertz CT molecular complexity index is 3220. The average molecular weight is 1220 g/mol. The van der Waals surface area contributed by atoms with Gasteiger partial charge in [0, 0.05) is 60.5 Å². The number of para-hydroxylation sites is 1. The molecular weight excluding hydrogens is 1150 g/mol. The van der Waals surface area contributed by atoms with E-state index in [9.17, 15) is 53.1 Å². The Kier molecular flexibility index (Phi) is 23.7. The fourth-order valence-corrected chi connectivity index (χ4v) is 12.3. The number of Topliss-reactive ketones (excluding diaryl/α,β-unsaturated/α-hetero) is 1. The number of nitrogens with one attached hydrogen (secondary N) is 10. The summed E-state index contributed by atoms with van der Waals surface area (Å²) in [6.45, 7) is 2.57. The summed E-state index contributed by atoms with van der Waals surface area (Å²) in [4.78, 5) is 166. The number of carbonyl (C=O) groups is 11. The average Bonchev–Trinajstić information content (AvgIpc) is 3.03. The maximum atomic E-state index is 15.0. The molecule has 2 saturated heterocycles. The molecule has 86 heavy (non-hydrogen) atoms. The first-order valence-electron chi connectivity index (χ1n) is 28.3. The summed E-state index contributed by atoms with van der Waals surface area (Å²) in [5.74, 6) is -9.43. The maximum Gasteiger partial charge on any atom is 0.325 e. The van der Waals surface area contributed by atoms with E-state index in [1.54, 1.807) is 18.3 Å². The summed E-state index contributed by atoms with van der Waals surface area (Å²) in [7, 11) is 1.98. The van der Waals surface area contributed by atoms with Crippen LogP contribution in [-0.4, -0.2) is 178 Å². The number of imide groups is 1. The number of nitrogens with zero attached hydrogens (tertiary/aromatic N) is 3. The summed E-state index contributed by atoms with van der Waals surface area (Å²) >= 11 is 0. The number of carboxylic acids is 1. The van der Waals surface area contributed by atoms with Gasteiger partial charge in [-0.05, 0) is 67.0 Å². The van der Waals surface area contributed by atoms with Gasteiger partial charge in [0.2, 0.25) is 41.4 Å². The number of rotatable bonds is 20. The van der Waals surface area contributed by atoms with Gasteiger partial charge in [0.25, 0.3) is 5.91 Å². The molecule has 460 valence electrons. The van der Waals surface area contributed by atoms with E-state index in [2.05, 4.69) is 62.8 Å². The van der Waals surface area contributed by atoms with Crippen molar-refractivity contribution < 1.29 is 57.8 Å². The molecule has 9 atom stereocenters. The molecule has 0 saturated carbocycles. The predicted molar refractivity (Wildman–Crippen MR) is 324 cm³/mol. The minimum Gasteiger partial charge on any atom is -0.481 e. The second kappa shape index (κ2) is 31.4. The molecule has 4 heterocycles. The lowest BCUT2D eigenvalue weighted by molar-refractivity contribution is -0.138. The van der Waals surface area contributed by atoms with E-state index in [-0.39, 0.29) is 62.7 Å². The van der Waals surface area contributed by atoms with E-state index in [0.29, 0.717) is 28.9 Å². The van der Waals surface area contributed by atoms with Crippen LogP contribution in [-0.2, 0) is 60.8 Å². The summed E-state index contributed by atoms with van der Waals surface area (Å²) in [6, 6.07) is 7.77. The smallest absolute Gasteiger partial charge is 0.325 e. The molecule has 3 aliphatic heterocycles. The molecule has 0 aliphatic carbocycles. The maximum absolute atomic E-state index is 15.0. The minimum absolute atomic E-state index is 0.0354. The monoisotopic (exact) mass is 1220 g/mol. The van der Waals surface area contributed by atoms with Crippen LogP contribution in [0.5, 0.6) is 0 Å². The van der Waals surface area contributed by atoms with Crippen molar-refractivity contribution in [2.45, 2.75) is 132 Å². The van der Waals surface area contributed by atoms with Gasteiger partial charge in [-0.2, -0.15) is 0 Å². The zero-order chi connectivity index (χ0) is 61.9. The lowest BCUT2D eigenvalue weighted by Gasteiger charge is -2.28. The number of fused-ring (bicyclic) bond motifs is 2. The first-order valence-corrected chi connectivity index (χ1v) is 30.8. The van der Waals surface area contributed by atoms with Gasteiger partial charge in [-0.15, -0.1) is 0 Å². The molecule has 0 radical (unpaired) electrons. The van der Waals surface area contributed by atoms with E-state index in [0.717, 1.165) is 49.7 Å². The summed E-state index contributed by atoms with van der Waals surface area (Å²) in [5, 5.41) is 36.7. The van der Waals surface area contributed by atoms with Crippen LogP contribution < -0.4 is 59.3 Å². The number of carboxylic acid groups (broad SMARTS) is 1. The number of urea groups is 1. The van der Waals surface area contributed by atoms with Crippen molar-refractivity contribution in [2.24, 2.45) is 21.5 Å². The Labute approximate surface area is 503 Å². The van der Waals surface area contributed by atoms with E-state index in [1.807, 2.05) is 61.5 Å². The van der Waals surface area contributed by atoms with Crippen molar-refractivity contribution in [3.05, 3.63) is 84.1 Å². The van der Waals surface area contributed by atoms with Gasteiger partial charge >= 0.3 is 12.0 Å². The van der Waals surface area contributed by atoms with Crippen LogP contribution in [0.15, 0.2) is 82.9 Å². The highest BCUT2D eigenvalue weighted by molar-refractivity contribution is 8.76. The molecule has 15 N–H and O–H groups in total. The summed E-state index contributed by atoms with van der Waals surface area (Å²) in [6.07, 6.45) is 3.26. The van der Waals surface area contributed by atoms with Crippen LogP contribution in [0.25, 0.3) is 21.7 Å². The number of hydrogen-bond donors (Lipinski definition) is 13. The van der Waals surface area contributed by atoms with Crippen molar-refractivity contribution in [1.29, 1.82) is 0 Å². The van der Waals surface area contributed by atoms with E-state index >= 15 is 4.79 Å². The molecule has 4 aromatic rings. The molecule has 10 amide bonds. The third-order valence-electron chi connectivity index (χ3n) is 14.6. The molecule has 3 aliphatic rings. The number of H-pyrrole nitrogens is 1. The number of nitrogens with two attached hydrogens (primary N) is 2. The van der Waals surface area contributed by atoms with Crippen LogP contribution in [0.1, 0.15) is 76.3 Å². The number of ketones is 1. The van der Waals surface area contributed by atoms with Gasteiger partial charge in [-0.3, -0.25) is 62.8 Å². The molecule has 27 nitrogen and oxygen atoms in total. The van der Waals surface area contributed by atoms with Crippen LogP contribution in [0, 0.1) is 0 Å². The second-order valence-electron chi connectivity index (χ2n) is 21.2. The SMILES string of the molecule is CCCC[C@@H]1NC(=O)N(CC(=O)N[C@H]2CSSC[C@@H](C(C)=O)NC(=O)[C@H](Cc3c[nH]c4ccccc34)NC(=O)[C@H](CCCN=C(N)N)NC(=O)[C@@H](Cc3ccc4ccccc4c3)NC(=O)[C@H](CC3CN=CN3)NC(=O)[C@H](CCC(=O)O)NC2=O)C1=O. The fourth-order valence-electron chi connectivity index (χ4n) is 9.92. The third kappa shape index (κ3) is 18.6. The number of benzene rings is 3. The number of aliphatic imine (C=N–C) groups is 2. The Balaban J connectivity index is 1.27. The molecule has 7 rings (SSSR count). The lowest BCUT2D eigenvalue weighted by Crippen LogP contribution is -2.61. The highest BCUT2D eigenvalue weighted by atomic mass is 33.1. The number of aromatic nitrogens is 1. The van der Waals surface area contributed by atoms with E-state index < -0.39 is 139 Å². The van der Waals surface area contributed by atoms with Crippen molar-refractivity contribution in [1.82, 2.24) is 57.7 Å². The number of carbonyl (C=O) groups excluding carboxylic acids is 10. The molecular formula is C57H73N15O12S2. The molecule has 1 unspecified atom stereocenters. The van der Waals surface area contributed by atoms with Gasteiger partial charge in [-0.25, -0.2) is 4.79 Å². The van der Waals surface area contributed by atoms with Crippen molar-refractivity contribution >= 4 is 121 Å². The zero-order valence-corrected chi connectivity index (χ0v) is 49.2. The van der Waals surface area contributed by atoms with E-state index in [4.69, 9.17) is 11.5 Å². The fraction of sp³-hybridized carbons (Fsp3) is 0.456. The Hall–Kier alpha value is -8.73. The number of hydrogen-bond acceptors (Lipinski definition) is 16. The molecule has 2 fully saturated rings. The molecule has 3 aromatic carbocycles. The van der Waals surface area contributed by atoms with Crippen LogP contribution >= 0.6 is 21.6 Å². The molecule has 0 spiro atoms. The van der Waals surface area contributed by atoms with Gasteiger partial charge in [0.05, 0.1) is 18.9 Å². The van der Waals surface area contributed by atoms with Gasteiger partial charge in [0.15, 0.2) is 11.7 Å². The second-order valence-corrected chi connectivity index (χ2v) is 23.7.